The first-order valence-corrected chi connectivity index (χ1v) is 4.98. The second-order valence-corrected chi connectivity index (χ2v) is 4.52. The monoisotopic (exact) mass is 230 g/mol. The van der Waals surface area contributed by atoms with E-state index in [0.717, 1.165) is 0 Å². The maximum Gasteiger partial charge on any atom is 0.237 e. The molecule has 0 aliphatic heterocycles. The lowest BCUT2D eigenvalue weighted by molar-refractivity contribution is -0.148. The van der Waals surface area contributed by atoms with E-state index in [0.29, 0.717) is 10.8 Å². The molecule has 0 saturated carbocycles. The fourth-order valence-electron chi connectivity index (χ4n) is 0.975. The largest absolute Gasteiger partial charge is 0.351 e. The topological polar surface area (TPSA) is 54.4 Å². The van der Waals surface area contributed by atoms with Gasteiger partial charge < -0.3 is 15.2 Å². The first-order chi connectivity index (χ1) is 6.87. The summed E-state index contributed by atoms with van der Waals surface area (Å²) in [6.07, 6.45) is 0.449. The summed E-state index contributed by atoms with van der Waals surface area (Å²) in [5.74, 6) is 0.472. The summed E-state index contributed by atoms with van der Waals surface area (Å²) in [6, 6.07) is 3.26. The van der Waals surface area contributed by atoms with E-state index in [4.69, 9.17) is 16.3 Å². The molecule has 2 N–H and O–H groups in total. The number of hydrogen-bond acceptors (Lipinski definition) is 4. The maximum atomic E-state index is 9.51. The number of ether oxygens (including phenoxy) is 1. The van der Waals surface area contributed by atoms with E-state index in [9.17, 15) is 5.11 Å². The summed E-state index contributed by atoms with van der Waals surface area (Å²) in [5, 5.41) is 12.7. The molecule has 0 aliphatic rings. The Morgan fingerprint density at radius 2 is 2.20 bits per heavy atom. The molecule has 1 rings (SSSR count). The first kappa shape index (κ1) is 12.2. The fourth-order valence-corrected chi connectivity index (χ4v) is 1.13. The van der Waals surface area contributed by atoms with Crippen LogP contribution >= 0.6 is 11.6 Å². The lowest BCUT2D eigenvalue weighted by Gasteiger charge is -2.24. The van der Waals surface area contributed by atoms with E-state index in [-0.39, 0.29) is 0 Å². The van der Waals surface area contributed by atoms with Gasteiger partial charge in [-0.15, -0.1) is 0 Å². The molecule has 5 heteroatoms. The Hall–Kier alpha value is -0.840. The minimum Gasteiger partial charge on any atom is -0.351 e. The van der Waals surface area contributed by atoms with E-state index in [1.165, 1.54) is 0 Å². The molecule has 0 fully saturated rings. The van der Waals surface area contributed by atoms with Gasteiger partial charge in [0.15, 0.2) is 0 Å². The van der Waals surface area contributed by atoms with E-state index >= 15 is 0 Å². The second-order valence-electron chi connectivity index (χ2n) is 4.09. The molecule has 0 bridgehead atoms. The van der Waals surface area contributed by atoms with Crippen LogP contribution in [-0.2, 0) is 4.74 Å². The predicted molar refractivity (Wildman–Crippen MR) is 59.7 cm³/mol. The van der Waals surface area contributed by atoms with Crippen molar-refractivity contribution in [2.45, 2.75) is 32.8 Å². The second kappa shape index (κ2) is 4.79. The molecular weight excluding hydrogens is 216 g/mol. The van der Waals surface area contributed by atoms with Gasteiger partial charge in [-0.1, -0.05) is 11.6 Å². The van der Waals surface area contributed by atoms with Crippen molar-refractivity contribution in [3.05, 3.63) is 23.4 Å². The lowest BCUT2D eigenvalue weighted by Crippen LogP contribution is -2.32. The average molecular weight is 231 g/mol. The maximum absolute atomic E-state index is 9.51. The summed E-state index contributed by atoms with van der Waals surface area (Å²) in [4.78, 5) is 3.97. The third kappa shape index (κ3) is 4.97. The van der Waals surface area contributed by atoms with Crippen LogP contribution in [0.4, 0.5) is 5.82 Å². The van der Waals surface area contributed by atoms with Crippen molar-refractivity contribution < 1.29 is 9.84 Å². The summed E-state index contributed by atoms with van der Waals surface area (Å²) in [7, 11) is 0. The van der Waals surface area contributed by atoms with Crippen LogP contribution in [0.1, 0.15) is 20.8 Å². The summed E-state index contributed by atoms with van der Waals surface area (Å²) >= 11 is 5.76. The molecular formula is C10H15ClN2O2. The normalized spacial score (nSPS) is 13.7. The van der Waals surface area contributed by atoms with E-state index in [1.807, 2.05) is 20.8 Å². The number of nitrogens with one attached hydrogen (secondary N) is 1. The molecule has 15 heavy (non-hydrogen) atoms. The van der Waals surface area contributed by atoms with Gasteiger partial charge in [-0.2, -0.15) is 0 Å². The minimum atomic E-state index is -1.10. The highest BCUT2D eigenvalue weighted by Gasteiger charge is 2.16. The van der Waals surface area contributed by atoms with Gasteiger partial charge in [0.05, 0.1) is 5.60 Å². The summed E-state index contributed by atoms with van der Waals surface area (Å²) in [5.41, 5.74) is -0.426. The highest BCUT2D eigenvalue weighted by molar-refractivity contribution is 6.30. The van der Waals surface area contributed by atoms with Gasteiger partial charge in [0.25, 0.3) is 0 Å². The Labute approximate surface area is 94.2 Å². The van der Waals surface area contributed by atoms with Crippen molar-refractivity contribution in [1.29, 1.82) is 0 Å². The number of rotatable bonds is 3. The molecule has 0 saturated heterocycles. The summed E-state index contributed by atoms with van der Waals surface area (Å²) < 4.78 is 5.24. The van der Waals surface area contributed by atoms with Gasteiger partial charge in [-0.3, -0.25) is 0 Å². The van der Waals surface area contributed by atoms with Crippen molar-refractivity contribution in [3.63, 3.8) is 0 Å². The standard InChI is InChI=1S/C10H15ClN2O2/c1-10(2,3)15-9(14)13-8-6-7(11)4-5-12-8/h4-6,9,14H,1-3H3,(H,12,13). The zero-order chi connectivity index (χ0) is 11.5. The Bertz CT molecular complexity index is 325. The molecule has 1 unspecified atom stereocenters. The van der Waals surface area contributed by atoms with Gasteiger partial charge in [-0.05, 0) is 32.9 Å². The van der Waals surface area contributed by atoms with Crippen LogP contribution in [0, 0.1) is 0 Å². The number of aliphatic hydroxyl groups excluding tert-OH is 1. The fraction of sp³-hybridized carbons (Fsp3) is 0.500. The van der Waals surface area contributed by atoms with Crippen molar-refractivity contribution in [2.75, 3.05) is 5.32 Å². The van der Waals surface area contributed by atoms with E-state index in [2.05, 4.69) is 10.3 Å². The molecule has 0 spiro atoms. The Morgan fingerprint density at radius 1 is 1.53 bits per heavy atom. The van der Waals surface area contributed by atoms with Crippen molar-refractivity contribution in [2.24, 2.45) is 0 Å². The quantitative estimate of drug-likeness (QED) is 0.782. The number of aromatic nitrogens is 1. The zero-order valence-corrected chi connectivity index (χ0v) is 9.75. The van der Waals surface area contributed by atoms with Crippen LogP contribution < -0.4 is 5.32 Å². The van der Waals surface area contributed by atoms with Crippen LogP contribution in [0.2, 0.25) is 5.02 Å². The Morgan fingerprint density at radius 3 is 2.73 bits per heavy atom. The number of nitrogens with zero attached hydrogens (tertiary/aromatic N) is 1. The van der Waals surface area contributed by atoms with Crippen LogP contribution in [0.25, 0.3) is 0 Å². The van der Waals surface area contributed by atoms with Crippen LogP contribution in [0.3, 0.4) is 0 Å². The number of pyridine rings is 1. The van der Waals surface area contributed by atoms with Gasteiger partial charge in [-0.25, -0.2) is 4.98 Å². The average Bonchev–Trinajstić information content (AvgIpc) is 1.99. The SMILES string of the molecule is CC(C)(C)OC(O)Nc1cc(Cl)ccn1. The Kier molecular flexibility index (Phi) is 3.90. The molecule has 0 radical (unpaired) electrons. The number of anilines is 1. The third-order valence-electron chi connectivity index (χ3n) is 1.46. The molecule has 1 atom stereocenters. The molecule has 0 amide bonds. The van der Waals surface area contributed by atoms with E-state index in [1.54, 1.807) is 18.3 Å². The number of halogens is 1. The van der Waals surface area contributed by atoms with Gasteiger partial charge >= 0.3 is 0 Å². The van der Waals surface area contributed by atoms with Crippen molar-refractivity contribution in [1.82, 2.24) is 4.98 Å². The van der Waals surface area contributed by atoms with Crippen molar-refractivity contribution >= 4 is 17.4 Å². The van der Waals surface area contributed by atoms with Crippen LogP contribution in [-0.4, -0.2) is 22.1 Å². The molecule has 0 aliphatic carbocycles. The predicted octanol–water partition coefficient (Wildman–Crippen LogP) is 2.24. The smallest absolute Gasteiger partial charge is 0.237 e. The highest BCUT2D eigenvalue weighted by atomic mass is 35.5. The van der Waals surface area contributed by atoms with Crippen LogP contribution in [0.15, 0.2) is 18.3 Å². The molecule has 4 nitrogen and oxygen atoms in total. The molecule has 0 aromatic carbocycles. The zero-order valence-electron chi connectivity index (χ0n) is 8.99. The third-order valence-corrected chi connectivity index (χ3v) is 1.69. The van der Waals surface area contributed by atoms with Crippen LogP contribution in [0.5, 0.6) is 0 Å². The number of aliphatic hydroxyl groups is 1. The molecule has 1 aromatic rings. The first-order valence-electron chi connectivity index (χ1n) is 4.61. The molecule has 1 heterocycles. The van der Waals surface area contributed by atoms with Gasteiger partial charge in [0, 0.05) is 11.2 Å². The van der Waals surface area contributed by atoms with Gasteiger partial charge in [0.2, 0.25) is 6.41 Å². The Balaban J connectivity index is 2.55. The number of hydrogen-bond donors (Lipinski definition) is 2. The van der Waals surface area contributed by atoms with Gasteiger partial charge in [0.1, 0.15) is 5.82 Å². The molecule has 84 valence electrons. The highest BCUT2D eigenvalue weighted by Crippen LogP contribution is 2.14. The lowest BCUT2D eigenvalue weighted by atomic mass is 10.2. The molecule has 1 aromatic heterocycles. The van der Waals surface area contributed by atoms with Crippen molar-refractivity contribution in [3.8, 4) is 0 Å². The minimum absolute atomic E-state index is 0.426. The van der Waals surface area contributed by atoms with E-state index < -0.39 is 12.0 Å². The summed E-state index contributed by atoms with van der Waals surface area (Å²) in [6.45, 7) is 5.55.